The molecule has 0 bridgehead atoms. The zero-order valence-electron chi connectivity index (χ0n) is 21.3. The number of rotatable bonds is 7. The van der Waals surface area contributed by atoms with Crippen LogP contribution in [0.5, 0.6) is 0 Å². The lowest BCUT2D eigenvalue weighted by molar-refractivity contribution is -0.149. The zero-order chi connectivity index (χ0) is 27.4. The molecule has 0 saturated heterocycles. The van der Waals surface area contributed by atoms with Gasteiger partial charge in [-0.3, -0.25) is 0 Å². The lowest BCUT2D eigenvalue weighted by Gasteiger charge is -2.21. The minimum atomic E-state index is -0.807. The van der Waals surface area contributed by atoms with Crippen molar-refractivity contribution in [2.45, 2.75) is 39.7 Å². The van der Waals surface area contributed by atoms with Crippen LogP contribution in [0.15, 0.2) is 71.1 Å². The summed E-state index contributed by atoms with van der Waals surface area (Å²) in [5, 5.41) is 2.89. The Bertz CT molecular complexity index is 1470. The summed E-state index contributed by atoms with van der Waals surface area (Å²) in [5.41, 5.74) is -0.272. The molecule has 0 amide bonds. The van der Waals surface area contributed by atoms with E-state index in [2.05, 4.69) is 15.3 Å². The van der Waals surface area contributed by atoms with E-state index in [0.29, 0.717) is 11.3 Å². The molecule has 2 aromatic heterocycles. The molecule has 0 radical (unpaired) electrons. The molecule has 1 N–H and O–H groups in total. The summed E-state index contributed by atoms with van der Waals surface area (Å²) in [4.78, 5) is 21.9. The molecule has 38 heavy (non-hydrogen) atoms. The number of nitrogens with one attached hydrogen (secondary N) is 1. The van der Waals surface area contributed by atoms with Crippen molar-refractivity contribution in [1.82, 2.24) is 9.97 Å². The summed E-state index contributed by atoms with van der Waals surface area (Å²) in [7, 11) is 0. The molecule has 0 aliphatic heterocycles. The molecule has 0 aliphatic rings. The fourth-order valence-corrected chi connectivity index (χ4v) is 3.62. The van der Waals surface area contributed by atoms with Gasteiger partial charge >= 0.3 is 5.97 Å². The molecule has 0 spiro atoms. The van der Waals surface area contributed by atoms with Gasteiger partial charge < -0.3 is 14.5 Å². The van der Waals surface area contributed by atoms with Crippen molar-refractivity contribution >= 4 is 17.9 Å². The largest absolute Gasteiger partial charge is 0.465 e. The normalized spacial score (nSPS) is 11.9. The topological polar surface area (TPSA) is 77.2 Å². The molecule has 4 aromatic rings. The fourth-order valence-electron chi connectivity index (χ4n) is 3.62. The van der Waals surface area contributed by atoms with Gasteiger partial charge in [0, 0.05) is 23.6 Å². The highest BCUT2D eigenvalue weighted by atomic mass is 19.1. The van der Waals surface area contributed by atoms with Crippen LogP contribution in [0.2, 0.25) is 0 Å². The number of hydrogen-bond donors (Lipinski definition) is 1. The van der Waals surface area contributed by atoms with E-state index in [4.69, 9.17) is 9.15 Å². The lowest BCUT2D eigenvalue weighted by Crippen LogP contribution is -2.27. The summed E-state index contributed by atoms with van der Waals surface area (Å²) in [6.07, 6.45) is 3.85. The maximum atomic E-state index is 14.9. The van der Waals surface area contributed by atoms with Crippen molar-refractivity contribution in [3.05, 3.63) is 107 Å². The molecule has 2 aromatic carbocycles. The second kappa shape index (κ2) is 10.9. The summed E-state index contributed by atoms with van der Waals surface area (Å²) in [5.74, 6) is -2.36. The number of hydrogen-bond acceptors (Lipinski definition) is 6. The number of aromatic nitrogens is 2. The van der Waals surface area contributed by atoms with Gasteiger partial charge in [-0.15, -0.1) is 0 Å². The summed E-state index contributed by atoms with van der Waals surface area (Å²) >= 11 is 0. The van der Waals surface area contributed by atoms with E-state index in [-0.39, 0.29) is 40.5 Å². The minimum absolute atomic E-state index is 0.0353. The van der Waals surface area contributed by atoms with Crippen LogP contribution in [0.4, 0.5) is 19.0 Å². The van der Waals surface area contributed by atoms with Gasteiger partial charge in [-0.25, -0.2) is 27.9 Å². The number of carbonyl (C=O) groups is 1. The average Bonchev–Trinajstić information content (AvgIpc) is 3.36. The number of ether oxygens (including phenoxy) is 1. The Balaban J connectivity index is 1.82. The van der Waals surface area contributed by atoms with Crippen LogP contribution in [-0.2, 0) is 16.0 Å². The highest BCUT2D eigenvalue weighted by Gasteiger charge is 2.23. The quantitative estimate of drug-likeness (QED) is 0.212. The first-order valence-electron chi connectivity index (χ1n) is 11.8. The monoisotopic (exact) mass is 521 g/mol. The number of carbonyl (C=O) groups excluding carboxylic acids is 1. The van der Waals surface area contributed by atoms with Crippen LogP contribution in [0.3, 0.4) is 0 Å². The maximum absolute atomic E-state index is 14.9. The smallest absolute Gasteiger partial charge is 0.355 e. The van der Waals surface area contributed by atoms with Crippen molar-refractivity contribution in [1.29, 1.82) is 0 Å². The van der Waals surface area contributed by atoms with E-state index < -0.39 is 29.0 Å². The first-order chi connectivity index (χ1) is 18.0. The fraction of sp³-hybridized carbons (Fsp3) is 0.207. The van der Waals surface area contributed by atoms with E-state index in [1.54, 1.807) is 52.0 Å². The van der Waals surface area contributed by atoms with Crippen LogP contribution >= 0.6 is 0 Å². The molecule has 2 heterocycles. The van der Waals surface area contributed by atoms with Crippen LogP contribution in [-0.4, -0.2) is 21.5 Å². The van der Waals surface area contributed by atoms with Gasteiger partial charge in [0.25, 0.3) is 0 Å². The number of anilines is 1. The standard InChI is InChI=1S/C29H26F3N3O3/c1-17-8-5-10-19(26(17)32)25-16-33-27(23(34-25)15-20-21(30)11-6-12-22(20)31)35-24(14-18-9-7-13-37-18)28(36)38-29(2,3)4/h5-14,16H,15H2,1-4H3,(H,33,35)/b24-14-. The Morgan fingerprint density at radius 3 is 2.42 bits per heavy atom. The van der Waals surface area contributed by atoms with E-state index in [1.807, 2.05) is 0 Å². The number of furan rings is 1. The Morgan fingerprint density at radius 1 is 1.05 bits per heavy atom. The Labute approximate surface area is 218 Å². The van der Waals surface area contributed by atoms with Crippen molar-refractivity contribution in [3.8, 4) is 11.3 Å². The molecule has 0 unspecified atom stereocenters. The molecule has 4 rings (SSSR count). The lowest BCUT2D eigenvalue weighted by atomic mass is 10.1. The number of aryl methyl sites for hydroxylation is 1. The van der Waals surface area contributed by atoms with Gasteiger partial charge in [-0.2, -0.15) is 0 Å². The molecule has 9 heteroatoms. The predicted molar refractivity (Wildman–Crippen MR) is 137 cm³/mol. The van der Waals surface area contributed by atoms with Gasteiger partial charge in [0.15, 0.2) is 5.82 Å². The van der Waals surface area contributed by atoms with Gasteiger partial charge in [-0.05, 0) is 63.6 Å². The Morgan fingerprint density at radius 2 is 1.76 bits per heavy atom. The number of benzene rings is 2. The van der Waals surface area contributed by atoms with Gasteiger partial charge in [0.05, 0.1) is 23.8 Å². The summed E-state index contributed by atoms with van der Waals surface area (Å²) in [6.45, 7) is 6.76. The van der Waals surface area contributed by atoms with Crippen molar-refractivity contribution in [3.63, 3.8) is 0 Å². The highest BCUT2D eigenvalue weighted by molar-refractivity contribution is 5.96. The third-order valence-corrected chi connectivity index (χ3v) is 5.42. The number of esters is 1. The van der Waals surface area contributed by atoms with Crippen LogP contribution in [0.1, 0.15) is 43.4 Å². The van der Waals surface area contributed by atoms with Crippen molar-refractivity contribution in [2.75, 3.05) is 5.32 Å². The third-order valence-electron chi connectivity index (χ3n) is 5.42. The molecule has 0 saturated carbocycles. The maximum Gasteiger partial charge on any atom is 0.355 e. The van der Waals surface area contributed by atoms with E-state index in [9.17, 15) is 18.0 Å². The van der Waals surface area contributed by atoms with Crippen molar-refractivity contribution in [2.24, 2.45) is 0 Å². The zero-order valence-corrected chi connectivity index (χ0v) is 21.3. The minimum Gasteiger partial charge on any atom is -0.465 e. The van der Waals surface area contributed by atoms with Gasteiger partial charge in [0.1, 0.15) is 34.5 Å². The first-order valence-corrected chi connectivity index (χ1v) is 11.8. The van der Waals surface area contributed by atoms with E-state index in [1.165, 1.54) is 30.7 Å². The van der Waals surface area contributed by atoms with Gasteiger partial charge in [0.2, 0.25) is 0 Å². The van der Waals surface area contributed by atoms with Crippen LogP contribution in [0, 0.1) is 24.4 Å². The Hall–Kier alpha value is -4.40. The molecular formula is C29H26F3N3O3. The third kappa shape index (κ3) is 6.29. The molecule has 6 nitrogen and oxygen atoms in total. The summed E-state index contributed by atoms with van der Waals surface area (Å²) < 4.78 is 54.9. The Kier molecular flexibility index (Phi) is 7.66. The molecule has 196 valence electrons. The van der Waals surface area contributed by atoms with E-state index in [0.717, 1.165) is 12.1 Å². The predicted octanol–water partition coefficient (Wildman–Crippen LogP) is 6.85. The second-order valence-electron chi connectivity index (χ2n) is 9.56. The summed E-state index contributed by atoms with van der Waals surface area (Å²) in [6, 6.07) is 11.6. The molecular weight excluding hydrogens is 495 g/mol. The number of nitrogens with zero attached hydrogens (tertiary/aromatic N) is 2. The van der Waals surface area contributed by atoms with Crippen LogP contribution < -0.4 is 5.32 Å². The highest BCUT2D eigenvalue weighted by Crippen LogP contribution is 2.28. The average molecular weight is 522 g/mol. The first kappa shape index (κ1) is 26.7. The number of halogens is 3. The van der Waals surface area contributed by atoms with Crippen molar-refractivity contribution < 1.29 is 27.1 Å². The molecule has 0 atom stereocenters. The van der Waals surface area contributed by atoms with Gasteiger partial charge in [-0.1, -0.05) is 18.2 Å². The molecule has 0 fully saturated rings. The molecule has 0 aliphatic carbocycles. The van der Waals surface area contributed by atoms with Crippen LogP contribution in [0.25, 0.3) is 17.3 Å². The van der Waals surface area contributed by atoms with E-state index >= 15 is 0 Å². The second-order valence-corrected chi connectivity index (χ2v) is 9.56. The SMILES string of the molecule is Cc1cccc(-c2cnc(N/C(=C\c3ccco3)C(=O)OC(C)(C)C)c(Cc3c(F)cccc3F)n2)c1F.